The van der Waals surface area contributed by atoms with Gasteiger partial charge in [0.25, 0.3) is 11.8 Å². The fourth-order valence-corrected chi connectivity index (χ4v) is 9.35. The number of fused-ring (bicyclic) bond motifs is 4. The van der Waals surface area contributed by atoms with Crippen molar-refractivity contribution in [2.45, 2.75) is 37.5 Å². The molecule has 2 aliphatic heterocycles. The van der Waals surface area contributed by atoms with Crippen molar-refractivity contribution in [3.63, 3.8) is 0 Å². The number of phenolic OH excluding ortho intramolecular Hbond substituents is 1. The second-order valence-electron chi connectivity index (χ2n) is 14.5. The average molecular weight is 724 g/mol. The van der Waals surface area contributed by atoms with Crippen LogP contribution in [0.15, 0.2) is 115 Å². The maximum Gasteiger partial charge on any atom is 0.339 e. The van der Waals surface area contributed by atoms with E-state index in [1.807, 2.05) is 43.3 Å². The van der Waals surface area contributed by atoms with E-state index in [9.17, 15) is 34.5 Å². The van der Waals surface area contributed by atoms with Gasteiger partial charge in [-0.05, 0) is 67.5 Å². The second-order valence-corrected chi connectivity index (χ2v) is 14.5. The zero-order valence-electron chi connectivity index (χ0n) is 29.3. The van der Waals surface area contributed by atoms with E-state index in [0.717, 1.165) is 27.6 Å². The number of amides is 4. The number of carboxylic acid groups (broad SMARTS) is 1. The molecule has 2 heterocycles. The van der Waals surface area contributed by atoms with Gasteiger partial charge in [-0.3, -0.25) is 24.6 Å². The average Bonchev–Trinajstić information content (AvgIpc) is 3.54. The minimum absolute atomic E-state index is 0.0322. The third kappa shape index (κ3) is 4.98. The van der Waals surface area contributed by atoms with E-state index >= 15 is 4.79 Å². The van der Waals surface area contributed by atoms with Gasteiger partial charge in [-0.25, -0.2) is 9.69 Å². The molecular formula is C43H37N3O8. The summed E-state index contributed by atoms with van der Waals surface area (Å²) in [5.74, 6) is -8.45. The molecule has 2 saturated heterocycles. The summed E-state index contributed by atoms with van der Waals surface area (Å²) >= 11 is 0. The first-order valence-corrected chi connectivity index (χ1v) is 17.8. The molecule has 0 aromatic heterocycles. The highest BCUT2D eigenvalue weighted by Gasteiger charge is 2.70. The lowest BCUT2D eigenvalue weighted by molar-refractivity contribution is -0.138. The summed E-state index contributed by atoms with van der Waals surface area (Å²) in [5.41, 5.74) is 4.93. The lowest BCUT2D eigenvalue weighted by atomic mass is 9.49. The van der Waals surface area contributed by atoms with E-state index in [4.69, 9.17) is 0 Å². The first-order chi connectivity index (χ1) is 26.0. The number of carbonyl (C=O) groups is 5. The number of anilines is 2. The van der Waals surface area contributed by atoms with Crippen LogP contribution in [-0.4, -0.2) is 49.9 Å². The predicted octanol–water partition coefficient (Wildman–Crippen LogP) is 6.02. The standard InChI is InChI=1S/C43H37N3O8/c1-3-8-24-9-7-12-31(37(24)48)36-28-19-20-30-35(40(51)45(38(30)49)27-17-18-29(41(52)53)34(47)21-27)32(28)22-33-39(50)46(44-26-15-13-23(2)14-16-26)42(54)43(33,36)25-10-5-4-6-11-25/h3-7,9-19,21,30,32-33,35-36,44,47-48H,1,8,20,22H2,2H3,(H,52,53)/t30-,32+,33-,35-,36+,43+/m0/s1. The topological polar surface area (TPSA) is 165 Å². The third-order valence-electron chi connectivity index (χ3n) is 11.7. The van der Waals surface area contributed by atoms with E-state index in [0.29, 0.717) is 34.4 Å². The monoisotopic (exact) mass is 723 g/mol. The van der Waals surface area contributed by atoms with Crippen LogP contribution in [0.2, 0.25) is 0 Å². The van der Waals surface area contributed by atoms with E-state index in [2.05, 4.69) is 12.0 Å². The molecule has 54 heavy (non-hydrogen) atoms. The highest BCUT2D eigenvalue weighted by Crippen LogP contribution is 2.65. The van der Waals surface area contributed by atoms with Crippen molar-refractivity contribution in [1.29, 1.82) is 0 Å². The number of hydrogen-bond donors (Lipinski definition) is 4. The number of hydrazine groups is 1. The first-order valence-electron chi connectivity index (χ1n) is 17.8. The van der Waals surface area contributed by atoms with Crippen molar-refractivity contribution in [2.75, 3.05) is 10.3 Å². The van der Waals surface area contributed by atoms with Gasteiger partial charge in [0.15, 0.2) is 0 Å². The number of hydrogen-bond acceptors (Lipinski definition) is 8. The van der Waals surface area contributed by atoms with E-state index in [1.54, 1.807) is 48.5 Å². The number of imide groups is 2. The van der Waals surface area contributed by atoms with E-state index in [-0.39, 0.29) is 29.8 Å². The van der Waals surface area contributed by atoms with Gasteiger partial charge in [-0.15, -0.1) is 6.58 Å². The number of carbonyl (C=O) groups excluding carboxylic acids is 4. The number of aromatic carboxylic acids is 1. The SMILES string of the molecule is C=CCc1cccc([C@H]2C3=CC[C@@H]4C(=O)N(c5ccc(C(=O)O)c(O)c5)C(=O)[C@@H]4[C@@H]3C[C@H]3C(=O)N(Nc4ccc(C)cc4)C(=O)[C@@]23c2ccccc2)c1O. The molecule has 4 aliphatic rings. The summed E-state index contributed by atoms with van der Waals surface area (Å²) in [6.45, 7) is 5.77. The van der Waals surface area contributed by atoms with Crippen LogP contribution in [-0.2, 0) is 31.0 Å². The molecule has 0 unspecified atom stereocenters. The summed E-state index contributed by atoms with van der Waals surface area (Å²) in [7, 11) is 0. The summed E-state index contributed by atoms with van der Waals surface area (Å²) in [6, 6.07) is 25.2. The molecule has 8 rings (SSSR count). The number of allylic oxidation sites excluding steroid dienone is 3. The minimum Gasteiger partial charge on any atom is -0.507 e. The number of aryl methyl sites for hydroxylation is 1. The Balaban J connectivity index is 1.32. The van der Waals surface area contributed by atoms with Crippen LogP contribution in [0.3, 0.4) is 0 Å². The molecule has 4 aromatic rings. The van der Waals surface area contributed by atoms with Gasteiger partial charge < -0.3 is 15.3 Å². The number of aromatic hydroxyl groups is 2. The first kappa shape index (κ1) is 34.6. The number of benzene rings is 4. The number of carboxylic acids is 1. The summed E-state index contributed by atoms with van der Waals surface area (Å²) in [4.78, 5) is 71.4. The van der Waals surface area contributed by atoms with Crippen molar-refractivity contribution in [2.24, 2.45) is 23.7 Å². The Kier molecular flexibility index (Phi) is 8.24. The molecule has 11 nitrogen and oxygen atoms in total. The third-order valence-corrected chi connectivity index (χ3v) is 11.7. The summed E-state index contributed by atoms with van der Waals surface area (Å²) in [6.07, 6.45) is 4.09. The van der Waals surface area contributed by atoms with E-state index < -0.39 is 70.4 Å². The van der Waals surface area contributed by atoms with E-state index in [1.165, 1.54) is 6.07 Å². The molecule has 1 saturated carbocycles. The largest absolute Gasteiger partial charge is 0.507 e. The molecule has 4 aromatic carbocycles. The molecule has 2 aliphatic carbocycles. The van der Waals surface area contributed by atoms with Crippen molar-refractivity contribution in [3.05, 3.63) is 143 Å². The van der Waals surface area contributed by atoms with Crippen molar-refractivity contribution in [3.8, 4) is 11.5 Å². The van der Waals surface area contributed by atoms with Crippen molar-refractivity contribution >= 4 is 41.0 Å². The fourth-order valence-electron chi connectivity index (χ4n) is 9.35. The van der Waals surface area contributed by atoms with Gasteiger partial charge in [-0.2, -0.15) is 5.01 Å². The van der Waals surface area contributed by atoms with Crippen molar-refractivity contribution < 1.29 is 39.3 Å². The number of nitrogens with zero attached hydrogens (tertiary/aromatic N) is 2. The van der Waals surface area contributed by atoms with Gasteiger partial charge >= 0.3 is 5.97 Å². The van der Waals surface area contributed by atoms with Gasteiger partial charge in [-0.1, -0.05) is 84.0 Å². The van der Waals surface area contributed by atoms with Crippen LogP contribution in [0.4, 0.5) is 11.4 Å². The van der Waals surface area contributed by atoms with Crippen LogP contribution in [0, 0.1) is 30.6 Å². The van der Waals surface area contributed by atoms with Gasteiger partial charge in [0.1, 0.15) is 17.1 Å². The molecule has 6 atom stereocenters. The Labute approximate surface area is 310 Å². The lowest BCUT2D eigenvalue weighted by Crippen LogP contribution is -2.53. The van der Waals surface area contributed by atoms with Crippen LogP contribution in [0.25, 0.3) is 0 Å². The number of para-hydroxylation sites is 1. The molecule has 272 valence electrons. The normalized spacial score (nSPS) is 25.9. The fraction of sp³-hybridized carbons (Fsp3) is 0.233. The maximum atomic E-state index is 15.3. The molecular weight excluding hydrogens is 686 g/mol. The highest BCUT2D eigenvalue weighted by molar-refractivity contribution is 6.23. The van der Waals surface area contributed by atoms with Crippen LogP contribution < -0.4 is 10.3 Å². The molecule has 4 N–H and O–H groups in total. The highest BCUT2D eigenvalue weighted by atomic mass is 16.4. The number of rotatable bonds is 8. The van der Waals surface area contributed by atoms with Crippen LogP contribution in [0.1, 0.15) is 51.4 Å². The Morgan fingerprint density at radius 1 is 0.907 bits per heavy atom. The Hall–Kier alpha value is -6.49. The zero-order valence-corrected chi connectivity index (χ0v) is 29.3. The number of nitrogens with one attached hydrogen (secondary N) is 1. The Morgan fingerprint density at radius 2 is 1.65 bits per heavy atom. The van der Waals surface area contributed by atoms with Crippen LogP contribution >= 0.6 is 0 Å². The Morgan fingerprint density at radius 3 is 2.33 bits per heavy atom. The van der Waals surface area contributed by atoms with Gasteiger partial charge in [0, 0.05) is 17.5 Å². The zero-order chi connectivity index (χ0) is 38.1. The van der Waals surface area contributed by atoms with Crippen LogP contribution in [0.5, 0.6) is 11.5 Å². The second kappa shape index (κ2) is 12.9. The number of phenols is 2. The lowest BCUT2D eigenvalue weighted by Gasteiger charge is -2.50. The maximum absolute atomic E-state index is 15.3. The predicted molar refractivity (Wildman–Crippen MR) is 198 cm³/mol. The van der Waals surface area contributed by atoms with Gasteiger partial charge in [0.05, 0.1) is 34.5 Å². The Bertz CT molecular complexity index is 2300. The molecule has 0 radical (unpaired) electrons. The van der Waals surface area contributed by atoms with Gasteiger partial charge in [0.2, 0.25) is 11.8 Å². The van der Waals surface area contributed by atoms with Crippen molar-refractivity contribution in [1.82, 2.24) is 5.01 Å². The molecule has 11 heteroatoms. The smallest absolute Gasteiger partial charge is 0.339 e. The molecule has 3 fully saturated rings. The quantitative estimate of drug-likeness (QED) is 0.126. The molecule has 4 amide bonds. The molecule has 0 spiro atoms. The summed E-state index contributed by atoms with van der Waals surface area (Å²) in [5, 5.41) is 33.0. The summed E-state index contributed by atoms with van der Waals surface area (Å²) < 4.78 is 0. The minimum atomic E-state index is -1.56. The molecule has 0 bridgehead atoms.